The quantitative estimate of drug-likeness (QED) is 0.837. The van der Waals surface area contributed by atoms with Gasteiger partial charge < -0.3 is 4.90 Å². The number of hydrogen-bond acceptors (Lipinski definition) is 4. The van der Waals surface area contributed by atoms with Crippen LogP contribution < -0.4 is 0 Å². The van der Waals surface area contributed by atoms with Crippen LogP contribution in [0.4, 0.5) is 0 Å². The van der Waals surface area contributed by atoms with Crippen molar-refractivity contribution in [2.45, 2.75) is 31.7 Å². The molecule has 1 aromatic rings. The predicted octanol–water partition coefficient (Wildman–Crippen LogP) is 2.02. The molecule has 0 aromatic carbocycles. The fourth-order valence-electron chi connectivity index (χ4n) is 2.78. The lowest BCUT2D eigenvalue weighted by Crippen LogP contribution is -2.40. The number of hydrogen-bond donors (Lipinski definition) is 0. The Kier molecular flexibility index (Phi) is 3.56. The maximum Gasteiger partial charge on any atom is 0.270 e. The molecule has 5 nitrogen and oxygen atoms in total. The monoisotopic (exact) mass is 291 g/mol. The lowest BCUT2D eigenvalue weighted by atomic mass is 10.1. The lowest BCUT2D eigenvalue weighted by Gasteiger charge is -2.26. The summed E-state index contributed by atoms with van der Waals surface area (Å²) in [6, 6.07) is 4.28. The van der Waals surface area contributed by atoms with E-state index in [1.807, 2.05) is 16.3 Å². The van der Waals surface area contributed by atoms with Crippen molar-refractivity contribution in [3.8, 4) is 0 Å². The van der Waals surface area contributed by atoms with E-state index in [1.54, 1.807) is 18.4 Å². The van der Waals surface area contributed by atoms with Crippen LogP contribution in [-0.2, 0) is 9.59 Å². The molecule has 1 atom stereocenters. The van der Waals surface area contributed by atoms with E-state index in [9.17, 15) is 9.59 Å². The molecule has 2 amide bonds. The number of carbonyl (C=O) groups is 2. The molecule has 1 fully saturated rings. The number of amides is 2. The maximum absolute atomic E-state index is 12.6. The summed E-state index contributed by atoms with van der Waals surface area (Å²) in [6.07, 6.45) is 2.86. The average Bonchev–Trinajstić information content (AvgIpc) is 3.10. The van der Waals surface area contributed by atoms with E-state index in [4.69, 9.17) is 0 Å². The third kappa shape index (κ3) is 2.35. The molecule has 0 radical (unpaired) electrons. The van der Waals surface area contributed by atoms with Crippen molar-refractivity contribution in [3.05, 3.63) is 22.4 Å². The van der Waals surface area contributed by atoms with Gasteiger partial charge in [0, 0.05) is 31.3 Å². The van der Waals surface area contributed by atoms with Gasteiger partial charge in [0.1, 0.15) is 5.71 Å². The van der Waals surface area contributed by atoms with Gasteiger partial charge in [0.05, 0.1) is 6.04 Å². The van der Waals surface area contributed by atoms with E-state index < -0.39 is 0 Å². The molecule has 6 heteroatoms. The van der Waals surface area contributed by atoms with Crippen molar-refractivity contribution in [2.24, 2.45) is 5.10 Å². The van der Waals surface area contributed by atoms with E-state index in [0.717, 1.165) is 19.4 Å². The van der Waals surface area contributed by atoms with Gasteiger partial charge in [-0.05, 0) is 24.3 Å². The zero-order valence-corrected chi connectivity index (χ0v) is 12.2. The van der Waals surface area contributed by atoms with Gasteiger partial charge in [0.15, 0.2) is 0 Å². The number of rotatable bonds is 2. The second-order valence-corrected chi connectivity index (χ2v) is 6.12. The first-order valence-corrected chi connectivity index (χ1v) is 7.73. The molecule has 106 valence electrons. The molecule has 2 aliphatic rings. The summed E-state index contributed by atoms with van der Waals surface area (Å²) in [5, 5.41) is 7.46. The zero-order valence-electron chi connectivity index (χ0n) is 11.4. The van der Waals surface area contributed by atoms with Crippen LogP contribution >= 0.6 is 11.3 Å². The highest BCUT2D eigenvalue weighted by molar-refractivity contribution is 7.10. The third-order valence-corrected chi connectivity index (χ3v) is 4.81. The molecule has 20 heavy (non-hydrogen) atoms. The van der Waals surface area contributed by atoms with Crippen LogP contribution in [0.25, 0.3) is 0 Å². The van der Waals surface area contributed by atoms with Crippen molar-refractivity contribution in [3.63, 3.8) is 0 Å². The molecular weight excluding hydrogens is 274 g/mol. The molecule has 1 saturated heterocycles. The highest BCUT2D eigenvalue weighted by Gasteiger charge is 2.34. The summed E-state index contributed by atoms with van der Waals surface area (Å²) in [4.78, 5) is 27.2. The van der Waals surface area contributed by atoms with Gasteiger partial charge in [-0.3, -0.25) is 9.59 Å². The van der Waals surface area contributed by atoms with Crippen LogP contribution in [0, 0.1) is 0 Å². The van der Waals surface area contributed by atoms with Gasteiger partial charge in [-0.25, -0.2) is 5.01 Å². The van der Waals surface area contributed by atoms with E-state index in [-0.39, 0.29) is 17.9 Å². The second-order valence-electron chi connectivity index (χ2n) is 5.14. The Morgan fingerprint density at radius 2 is 2.30 bits per heavy atom. The van der Waals surface area contributed by atoms with E-state index >= 15 is 0 Å². The summed E-state index contributed by atoms with van der Waals surface area (Å²) >= 11 is 1.69. The number of hydrazone groups is 1. The summed E-state index contributed by atoms with van der Waals surface area (Å²) in [5.74, 6) is -0.0435. The smallest absolute Gasteiger partial charge is 0.270 e. The van der Waals surface area contributed by atoms with Crippen molar-refractivity contribution >= 4 is 28.9 Å². The van der Waals surface area contributed by atoms with Crippen LogP contribution in [0.3, 0.4) is 0 Å². The van der Waals surface area contributed by atoms with Gasteiger partial charge in [-0.1, -0.05) is 6.07 Å². The van der Waals surface area contributed by atoms with E-state index in [1.165, 1.54) is 9.89 Å². The van der Waals surface area contributed by atoms with Gasteiger partial charge in [-0.2, -0.15) is 5.10 Å². The Labute approximate surface area is 121 Å². The van der Waals surface area contributed by atoms with Crippen molar-refractivity contribution in [2.75, 3.05) is 13.6 Å². The molecule has 3 heterocycles. The lowest BCUT2D eigenvalue weighted by molar-refractivity contribution is -0.130. The molecule has 1 aromatic heterocycles. The topological polar surface area (TPSA) is 53.0 Å². The highest BCUT2D eigenvalue weighted by atomic mass is 32.1. The Hall–Kier alpha value is -1.69. The molecule has 0 unspecified atom stereocenters. The molecule has 3 rings (SSSR count). The summed E-state index contributed by atoms with van der Waals surface area (Å²) in [6.45, 7) is 0.776. The average molecular weight is 291 g/mol. The van der Waals surface area contributed by atoms with Crippen molar-refractivity contribution in [1.82, 2.24) is 9.91 Å². The Bertz CT molecular complexity index is 553. The molecule has 0 saturated carbocycles. The maximum atomic E-state index is 12.6. The van der Waals surface area contributed by atoms with Gasteiger partial charge in [0.2, 0.25) is 5.91 Å². The first-order valence-electron chi connectivity index (χ1n) is 6.85. The molecule has 2 aliphatic heterocycles. The summed E-state index contributed by atoms with van der Waals surface area (Å²) in [5.41, 5.74) is 0.510. The largest absolute Gasteiger partial charge is 0.330 e. The third-order valence-electron chi connectivity index (χ3n) is 3.84. The zero-order chi connectivity index (χ0) is 14.1. The number of nitrogens with zero attached hydrogens (tertiary/aromatic N) is 3. The van der Waals surface area contributed by atoms with Crippen molar-refractivity contribution in [1.29, 1.82) is 0 Å². The predicted molar refractivity (Wildman–Crippen MR) is 77.4 cm³/mol. The minimum absolute atomic E-state index is 0.0137. The highest BCUT2D eigenvalue weighted by Crippen LogP contribution is 2.34. The van der Waals surface area contributed by atoms with Gasteiger partial charge in [0.25, 0.3) is 5.91 Å². The van der Waals surface area contributed by atoms with Crippen LogP contribution in [-0.4, -0.2) is 41.0 Å². The number of carbonyl (C=O) groups excluding carboxylic acids is 2. The van der Waals surface area contributed by atoms with Crippen LogP contribution in [0.5, 0.6) is 0 Å². The fraction of sp³-hybridized carbons (Fsp3) is 0.500. The standard InChI is InChI=1S/C14H17N3O2S/c1-16-13(18)7-6-10(15-16)14(19)17-8-2-4-11(17)12-5-3-9-20-12/h3,5,9,11H,2,4,6-8H2,1H3/t11-/m1/s1. The molecule has 0 N–H and O–H groups in total. The number of thiophene rings is 1. The van der Waals surface area contributed by atoms with Crippen LogP contribution in [0.2, 0.25) is 0 Å². The van der Waals surface area contributed by atoms with Crippen LogP contribution in [0.1, 0.15) is 36.6 Å². The number of likely N-dealkylation sites (tertiary alicyclic amines) is 1. The minimum Gasteiger partial charge on any atom is -0.330 e. The van der Waals surface area contributed by atoms with Gasteiger partial charge in [-0.15, -0.1) is 11.3 Å². The second kappa shape index (κ2) is 5.36. The molecule has 0 bridgehead atoms. The van der Waals surface area contributed by atoms with Crippen molar-refractivity contribution < 1.29 is 9.59 Å². The SMILES string of the molecule is CN1N=C(C(=O)N2CCC[C@@H]2c2cccs2)CCC1=O. The molecule has 0 spiro atoms. The summed E-state index contributed by atoms with van der Waals surface area (Å²) in [7, 11) is 1.61. The first kappa shape index (κ1) is 13.3. The molecule has 0 aliphatic carbocycles. The Morgan fingerprint density at radius 3 is 3.00 bits per heavy atom. The van der Waals surface area contributed by atoms with E-state index in [0.29, 0.717) is 18.6 Å². The Morgan fingerprint density at radius 1 is 1.45 bits per heavy atom. The summed E-state index contributed by atoms with van der Waals surface area (Å²) < 4.78 is 0. The van der Waals surface area contributed by atoms with Gasteiger partial charge >= 0.3 is 0 Å². The van der Waals surface area contributed by atoms with E-state index in [2.05, 4.69) is 11.2 Å². The first-order chi connectivity index (χ1) is 9.66. The normalized spacial score (nSPS) is 23.1. The fourth-order valence-corrected chi connectivity index (χ4v) is 3.65. The minimum atomic E-state index is -0.0298. The molecular formula is C14H17N3O2S. The Balaban J connectivity index is 1.80. The van der Waals surface area contributed by atoms with Crippen LogP contribution in [0.15, 0.2) is 22.6 Å².